The Morgan fingerprint density at radius 3 is 2.80 bits per heavy atom. The third-order valence-electron chi connectivity index (χ3n) is 4.35. The minimum absolute atomic E-state index is 0.0596. The van der Waals surface area contributed by atoms with E-state index in [1.54, 1.807) is 13.0 Å². The molecule has 1 aromatic heterocycles. The van der Waals surface area contributed by atoms with E-state index in [4.69, 9.17) is 5.11 Å². The lowest BCUT2D eigenvalue weighted by Gasteiger charge is -2.21. The number of carbonyl (C=O) groups is 2. The van der Waals surface area contributed by atoms with Gasteiger partial charge in [0.05, 0.1) is 22.7 Å². The summed E-state index contributed by atoms with van der Waals surface area (Å²) in [5.41, 5.74) is 0.362. The number of non-ortho nitro benzene ring substituents is 1. The molecule has 1 saturated heterocycles. The van der Waals surface area contributed by atoms with Gasteiger partial charge in [-0.05, 0) is 19.4 Å². The summed E-state index contributed by atoms with van der Waals surface area (Å²) in [6.07, 6.45) is 1.77. The molecule has 25 heavy (non-hydrogen) atoms. The quantitative estimate of drug-likeness (QED) is 0.648. The number of nitro benzene ring substituents is 1. The first kappa shape index (κ1) is 16.6. The Morgan fingerprint density at radius 2 is 2.16 bits per heavy atom. The molecule has 0 radical (unpaired) electrons. The number of benzene rings is 1. The minimum Gasteiger partial charge on any atom is -0.481 e. The minimum atomic E-state index is -0.928. The number of carboxylic acid groups (broad SMARTS) is 1. The fraction of sp³-hybridized carbons (Fsp3) is 0.333. The van der Waals surface area contributed by atoms with Crippen LogP contribution in [0, 0.1) is 16.0 Å². The highest BCUT2D eigenvalue weighted by Crippen LogP contribution is 2.26. The second-order valence-corrected chi connectivity index (χ2v) is 5.80. The van der Waals surface area contributed by atoms with E-state index in [-0.39, 0.29) is 11.4 Å². The van der Waals surface area contributed by atoms with Crippen LogP contribution in [0.15, 0.2) is 30.5 Å². The first-order valence-electron chi connectivity index (χ1n) is 7.59. The number of carboxylic acids is 1. The second-order valence-electron chi connectivity index (χ2n) is 5.80. The van der Waals surface area contributed by atoms with Crippen molar-refractivity contribution in [1.82, 2.24) is 19.9 Å². The Morgan fingerprint density at radius 1 is 1.40 bits per heavy atom. The Bertz CT molecular complexity index is 848. The van der Waals surface area contributed by atoms with Gasteiger partial charge < -0.3 is 10.0 Å². The van der Waals surface area contributed by atoms with Crippen molar-refractivity contribution in [3.8, 4) is 5.69 Å². The fourth-order valence-corrected chi connectivity index (χ4v) is 2.94. The van der Waals surface area contributed by atoms with Crippen molar-refractivity contribution in [1.29, 1.82) is 0 Å². The molecule has 1 aliphatic heterocycles. The molecule has 2 heterocycles. The summed E-state index contributed by atoms with van der Waals surface area (Å²) in [6, 6.07) is 5.35. The van der Waals surface area contributed by atoms with E-state index in [1.165, 1.54) is 34.0 Å². The topological polar surface area (TPSA) is 131 Å². The largest absolute Gasteiger partial charge is 0.481 e. The standard InChI is InChI=1S/C15H15N5O5/c1-9-12(15(22)23)5-6-18(9)14(21)13-8-19(17-16-13)10-3-2-4-11(7-10)20(24)25/h2-4,7-9,12H,5-6H2,1H3,(H,22,23). The van der Waals surface area contributed by atoms with E-state index in [0.29, 0.717) is 18.7 Å². The van der Waals surface area contributed by atoms with Crippen molar-refractivity contribution in [3.63, 3.8) is 0 Å². The molecule has 1 aromatic carbocycles. The molecule has 3 rings (SSSR count). The van der Waals surface area contributed by atoms with Crippen molar-refractivity contribution < 1.29 is 19.6 Å². The van der Waals surface area contributed by atoms with Gasteiger partial charge in [-0.1, -0.05) is 11.3 Å². The van der Waals surface area contributed by atoms with Crippen LogP contribution in [0.2, 0.25) is 0 Å². The lowest BCUT2D eigenvalue weighted by molar-refractivity contribution is -0.384. The number of nitrogens with zero attached hydrogens (tertiary/aromatic N) is 5. The second kappa shape index (κ2) is 6.30. The van der Waals surface area contributed by atoms with Crippen molar-refractivity contribution in [2.24, 2.45) is 5.92 Å². The zero-order valence-corrected chi connectivity index (χ0v) is 13.3. The van der Waals surface area contributed by atoms with E-state index in [0.717, 1.165) is 0 Å². The molecule has 1 N–H and O–H groups in total. The van der Waals surface area contributed by atoms with Gasteiger partial charge >= 0.3 is 5.97 Å². The van der Waals surface area contributed by atoms with E-state index in [9.17, 15) is 19.7 Å². The molecule has 130 valence electrons. The summed E-state index contributed by atoms with van der Waals surface area (Å²) in [4.78, 5) is 35.5. The van der Waals surface area contributed by atoms with E-state index in [1.807, 2.05) is 0 Å². The van der Waals surface area contributed by atoms with Gasteiger partial charge in [0.25, 0.3) is 11.6 Å². The summed E-state index contributed by atoms with van der Waals surface area (Å²) in [6.45, 7) is 2.02. The van der Waals surface area contributed by atoms with Gasteiger partial charge in [-0.3, -0.25) is 19.7 Å². The van der Waals surface area contributed by atoms with Crippen LogP contribution in [-0.4, -0.2) is 54.4 Å². The van der Waals surface area contributed by atoms with Gasteiger partial charge in [0.2, 0.25) is 0 Å². The van der Waals surface area contributed by atoms with Crippen LogP contribution in [0.3, 0.4) is 0 Å². The summed E-state index contributed by atoms with van der Waals surface area (Å²) < 4.78 is 1.27. The van der Waals surface area contributed by atoms with Crippen molar-refractivity contribution >= 4 is 17.6 Å². The van der Waals surface area contributed by atoms with Gasteiger partial charge in [-0.15, -0.1) is 5.10 Å². The molecule has 2 unspecified atom stereocenters. The number of hydrogen-bond acceptors (Lipinski definition) is 6. The number of hydrogen-bond donors (Lipinski definition) is 1. The number of nitro groups is 1. The Kier molecular flexibility index (Phi) is 4.17. The third kappa shape index (κ3) is 3.05. The molecule has 1 fully saturated rings. The predicted molar refractivity (Wildman–Crippen MR) is 84.3 cm³/mol. The van der Waals surface area contributed by atoms with Gasteiger partial charge in [-0.2, -0.15) is 0 Å². The molecule has 0 aliphatic carbocycles. The fourth-order valence-electron chi connectivity index (χ4n) is 2.94. The summed E-state index contributed by atoms with van der Waals surface area (Å²) in [7, 11) is 0. The van der Waals surface area contributed by atoms with Crippen LogP contribution >= 0.6 is 0 Å². The summed E-state index contributed by atoms with van der Waals surface area (Å²) >= 11 is 0. The summed E-state index contributed by atoms with van der Waals surface area (Å²) in [5, 5.41) is 27.7. The zero-order valence-electron chi connectivity index (χ0n) is 13.3. The molecule has 2 aromatic rings. The van der Waals surface area contributed by atoms with Gasteiger partial charge in [0.15, 0.2) is 5.69 Å². The normalized spacial score (nSPS) is 19.8. The molecular weight excluding hydrogens is 330 g/mol. The molecule has 0 spiro atoms. The molecular formula is C15H15N5O5. The number of rotatable bonds is 4. The molecule has 1 aliphatic rings. The monoisotopic (exact) mass is 345 g/mol. The molecule has 2 atom stereocenters. The van der Waals surface area contributed by atoms with Crippen LogP contribution < -0.4 is 0 Å². The molecule has 10 nitrogen and oxygen atoms in total. The van der Waals surface area contributed by atoms with E-state index >= 15 is 0 Å². The molecule has 0 bridgehead atoms. The molecule has 10 heteroatoms. The molecule has 0 saturated carbocycles. The van der Waals surface area contributed by atoms with E-state index < -0.39 is 28.8 Å². The van der Waals surface area contributed by atoms with Crippen LogP contribution in [0.5, 0.6) is 0 Å². The molecule has 1 amide bonds. The van der Waals surface area contributed by atoms with Crippen LogP contribution in [0.1, 0.15) is 23.8 Å². The SMILES string of the molecule is CC1C(C(=O)O)CCN1C(=O)c1cn(-c2cccc([N+](=O)[O-])c2)nn1. The van der Waals surface area contributed by atoms with E-state index in [2.05, 4.69) is 10.3 Å². The number of aliphatic carboxylic acids is 1. The van der Waals surface area contributed by atoms with Crippen molar-refractivity contribution in [2.75, 3.05) is 6.54 Å². The van der Waals surface area contributed by atoms with Crippen molar-refractivity contribution in [2.45, 2.75) is 19.4 Å². The highest BCUT2D eigenvalue weighted by atomic mass is 16.6. The number of likely N-dealkylation sites (tertiary alicyclic amines) is 1. The maximum atomic E-state index is 12.6. The Labute approximate surface area is 141 Å². The number of carbonyl (C=O) groups excluding carboxylic acids is 1. The smallest absolute Gasteiger partial charge is 0.308 e. The third-order valence-corrected chi connectivity index (χ3v) is 4.35. The number of aromatic nitrogens is 3. The van der Waals surface area contributed by atoms with Gasteiger partial charge in [0, 0.05) is 24.7 Å². The first-order chi connectivity index (χ1) is 11.9. The predicted octanol–water partition coefficient (Wildman–Crippen LogP) is 1.11. The number of amides is 1. The lowest BCUT2D eigenvalue weighted by Crippen LogP contribution is -2.37. The van der Waals surface area contributed by atoms with Gasteiger partial charge in [-0.25, -0.2) is 4.68 Å². The lowest BCUT2D eigenvalue weighted by atomic mass is 10.0. The highest BCUT2D eigenvalue weighted by Gasteiger charge is 2.39. The van der Waals surface area contributed by atoms with Crippen LogP contribution in [0.25, 0.3) is 5.69 Å². The highest BCUT2D eigenvalue weighted by molar-refractivity contribution is 5.93. The average Bonchev–Trinajstić information content (AvgIpc) is 3.21. The average molecular weight is 345 g/mol. The van der Waals surface area contributed by atoms with Crippen molar-refractivity contribution in [3.05, 3.63) is 46.3 Å². The summed E-state index contributed by atoms with van der Waals surface area (Å²) in [5.74, 6) is -1.94. The Balaban J connectivity index is 1.82. The Hall–Kier alpha value is -3.30. The maximum absolute atomic E-state index is 12.6. The first-order valence-corrected chi connectivity index (χ1v) is 7.59. The van der Waals surface area contributed by atoms with Gasteiger partial charge in [0.1, 0.15) is 0 Å². The van der Waals surface area contributed by atoms with Crippen LogP contribution in [-0.2, 0) is 4.79 Å². The van der Waals surface area contributed by atoms with Crippen LogP contribution in [0.4, 0.5) is 5.69 Å². The maximum Gasteiger partial charge on any atom is 0.308 e. The zero-order chi connectivity index (χ0) is 18.1.